The van der Waals surface area contributed by atoms with Crippen molar-refractivity contribution in [2.75, 3.05) is 0 Å². The predicted molar refractivity (Wildman–Crippen MR) is 83.0 cm³/mol. The molecule has 1 aliphatic rings. The summed E-state index contributed by atoms with van der Waals surface area (Å²) in [6.45, 7) is 3.14. The number of aryl methyl sites for hydroxylation is 1. The number of rotatable bonds is 2. The van der Waals surface area contributed by atoms with Gasteiger partial charge in [-0.25, -0.2) is 4.79 Å². The van der Waals surface area contributed by atoms with Crippen molar-refractivity contribution < 1.29 is 23.5 Å². The van der Waals surface area contributed by atoms with Gasteiger partial charge >= 0.3 is 5.97 Å². The van der Waals surface area contributed by atoms with Crippen LogP contribution in [0.2, 0.25) is 0 Å². The number of hydrogen-bond donors (Lipinski definition) is 2. The Morgan fingerprint density at radius 1 is 1.17 bits per heavy atom. The van der Waals surface area contributed by atoms with Gasteiger partial charge in [-0.1, -0.05) is 18.2 Å². The first-order valence-corrected chi connectivity index (χ1v) is 7.37. The van der Waals surface area contributed by atoms with Gasteiger partial charge in [0.25, 0.3) is 11.8 Å². The molecule has 7 nitrogen and oxygen atoms in total. The fraction of sp³-hybridized carbons (Fsp3) is 0.235. The minimum atomic E-state index is -1.40. The van der Waals surface area contributed by atoms with Crippen LogP contribution >= 0.6 is 0 Å². The molecule has 2 N–H and O–H groups in total. The van der Waals surface area contributed by atoms with E-state index in [9.17, 15) is 14.4 Å². The van der Waals surface area contributed by atoms with E-state index in [2.05, 4.69) is 10.9 Å². The van der Waals surface area contributed by atoms with E-state index in [0.29, 0.717) is 16.9 Å². The molecule has 24 heavy (non-hydrogen) atoms. The molecule has 1 aromatic heterocycles. The van der Waals surface area contributed by atoms with E-state index in [1.807, 2.05) is 0 Å². The number of carbonyl (C=O) groups excluding carboxylic acids is 3. The van der Waals surface area contributed by atoms with Crippen molar-refractivity contribution in [3.05, 3.63) is 59.0 Å². The van der Waals surface area contributed by atoms with Gasteiger partial charge in [-0.2, -0.15) is 0 Å². The van der Waals surface area contributed by atoms with Gasteiger partial charge in [0.05, 0.1) is 17.4 Å². The molecule has 0 radical (unpaired) electrons. The van der Waals surface area contributed by atoms with Gasteiger partial charge in [-0.15, -0.1) is 0 Å². The zero-order valence-electron chi connectivity index (χ0n) is 13.2. The number of benzene rings is 1. The number of hydrogen-bond acceptors (Lipinski definition) is 5. The molecule has 7 heteroatoms. The summed E-state index contributed by atoms with van der Waals surface area (Å²) in [7, 11) is 0. The van der Waals surface area contributed by atoms with E-state index in [1.54, 1.807) is 31.2 Å². The Kier molecular flexibility index (Phi) is 3.84. The highest BCUT2D eigenvalue weighted by Gasteiger charge is 2.42. The van der Waals surface area contributed by atoms with E-state index in [1.165, 1.54) is 19.3 Å². The quantitative estimate of drug-likeness (QED) is 0.643. The monoisotopic (exact) mass is 328 g/mol. The second-order valence-corrected chi connectivity index (χ2v) is 5.75. The van der Waals surface area contributed by atoms with Gasteiger partial charge in [0.15, 0.2) is 5.60 Å². The second kappa shape index (κ2) is 5.84. The molecule has 0 fully saturated rings. The van der Waals surface area contributed by atoms with Crippen molar-refractivity contribution in [2.45, 2.75) is 25.9 Å². The lowest BCUT2D eigenvalue weighted by Crippen LogP contribution is -2.56. The van der Waals surface area contributed by atoms with Crippen molar-refractivity contribution >= 4 is 17.8 Å². The standard InChI is InChI=1S/C17H16N2O5/c1-10-12(7-8-23-10)14(20)18-19-16(22)17(2)9-11-5-3-4-6-13(11)15(21)24-17/h3-8H,9H2,1-2H3,(H,18,20)(H,19,22). The highest BCUT2D eigenvalue weighted by atomic mass is 16.6. The maximum Gasteiger partial charge on any atom is 0.339 e. The van der Waals surface area contributed by atoms with E-state index in [4.69, 9.17) is 9.15 Å². The summed E-state index contributed by atoms with van der Waals surface area (Å²) < 4.78 is 10.3. The molecular formula is C17H16N2O5. The molecule has 1 aromatic carbocycles. The summed E-state index contributed by atoms with van der Waals surface area (Å²) in [6.07, 6.45) is 1.61. The summed E-state index contributed by atoms with van der Waals surface area (Å²) in [6, 6.07) is 8.44. The highest BCUT2D eigenvalue weighted by Crippen LogP contribution is 2.28. The van der Waals surface area contributed by atoms with Gasteiger partial charge in [-0.3, -0.25) is 20.4 Å². The summed E-state index contributed by atoms with van der Waals surface area (Å²) in [5.74, 6) is -1.25. The van der Waals surface area contributed by atoms with Crippen molar-refractivity contribution in [2.24, 2.45) is 0 Å². The number of fused-ring (bicyclic) bond motifs is 1. The molecule has 0 bridgehead atoms. The van der Waals surface area contributed by atoms with Gasteiger partial charge in [0.1, 0.15) is 5.76 Å². The molecule has 0 saturated heterocycles. The minimum Gasteiger partial charge on any atom is -0.469 e. The van der Waals surface area contributed by atoms with Crippen LogP contribution in [0.3, 0.4) is 0 Å². The van der Waals surface area contributed by atoms with Gasteiger partial charge in [-0.05, 0) is 31.5 Å². The van der Waals surface area contributed by atoms with E-state index < -0.39 is 23.4 Å². The summed E-state index contributed by atoms with van der Waals surface area (Å²) in [5, 5.41) is 0. The first-order chi connectivity index (χ1) is 11.4. The van der Waals surface area contributed by atoms with Crippen LogP contribution in [0.5, 0.6) is 0 Å². The maximum atomic E-state index is 12.4. The van der Waals surface area contributed by atoms with Crippen molar-refractivity contribution in [3.63, 3.8) is 0 Å². The molecule has 1 aliphatic heterocycles. The number of cyclic esters (lactones) is 1. The number of esters is 1. The maximum absolute atomic E-state index is 12.4. The Bertz CT molecular complexity index is 826. The molecule has 0 saturated carbocycles. The average molecular weight is 328 g/mol. The number of nitrogens with one attached hydrogen (secondary N) is 2. The van der Waals surface area contributed by atoms with Crippen LogP contribution in [0.4, 0.5) is 0 Å². The van der Waals surface area contributed by atoms with Crippen molar-refractivity contribution in [1.29, 1.82) is 0 Å². The van der Waals surface area contributed by atoms with E-state index in [-0.39, 0.29) is 6.42 Å². The van der Waals surface area contributed by atoms with Crippen molar-refractivity contribution in [1.82, 2.24) is 10.9 Å². The number of carbonyl (C=O) groups is 3. The Morgan fingerprint density at radius 2 is 1.92 bits per heavy atom. The topological polar surface area (TPSA) is 97.6 Å². The van der Waals surface area contributed by atoms with Crippen LogP contribution in [-0.4, -0.2) is 23.4 Å². The van der Waals surface area contributed by atoms with E-state index in [0.717, 1.165) is 5.56 Å². The lowest BCUT2D eigenvalue weighted by molar-refractivity contribution is -0.140. The predicted octanol–water partition coefficient (Wildman–Crippen LogP) is 1.52. The lowest BCUT2D eigenvalue weighted by Gasteiger charge is -2.32. The minimum absolute atomic E-state index is 0.224. The number of ether oxygens (including phenoxy) is 1. The van der Waals surface area contributed by atoms with Crippen molar-refractivity contribution in [3.8, 4) is 0 Å². The van der Waals surface area contributed by atoms with Crippen LogP contribution in [-0.2, 0) is 16.0 Å². The number of hydrazine groups is 1. The SMILES string of the molecule is Cc1occc1C(=O)NNC(=O)C1(C)Cc2ccccc2C(=O)O1. The Balaban J connectivity index is 1.70. The normalized spacial score (nSPS) is 19.2. The smallest absolute Gasteiger partial charge is 0.339 e. The Hall–Kier alpha value is -3.09. The molecule has 2 heterocycles. The third kappa shape index (κ3) is 2.76. The molecule has 1 unspecified atom stereocenters. The van der Waals surface area contributed by atoms with Crippen LogP contribution < -0.4 is 10.9 Å². The number of furan rings is 1. The molecule has 0 aliphatic carbocycles. The van der Waals surface area contributed by atoms with Crippen LogP contribution in [0.15, 0.2) is 41.0 Å². The number of amides is 2. The van der Waals surface area contributed by atoms with Gasteiger partial charge < -0.3 is 9.15 Å². The second-order valence-electron chi connectivity index (χ2n) is 5.75. The summed E-state index contributed by atoms with van der Waals surface area (Å²) in [5.41, 5.74) is 4.68. The molecular weight excluding hydrogens is 312 g/mol. The zero-order chi connectivity index (χ0) is 17.3. The lowest BCUT2D eigenvalue weighted by atomic mass is 9.89. The Labute approximate surface area is 137 Å². The summed E-state index contributed by atoms with van der Waals surface area (Å²) >= 11 is 0. The molecule has 1 atom stereocenters. The first kappa shape index (κ1) is 15.8. The summed E-state index contributed by atoms with van der Waals surface area (Å²) in [4.78, 5) is 36.5. The average Bonchev–Trinajstić information content (AvgIpc) is 2.98. The molecule has 2 aromatic rings. The van der Waals surface area contributed by atoms with Gasteiger partial charge in [0, 0.05) is 6.42 Å². The third-order valence-electron chi connectivity index (χ3n) is 3.96. The fourth-order valence-electron chi connectivity index (χ4n) is 2.59. The van der Waals surface area contributed by atoms with Crippen LogP contribution in [0.1, 0.15) is 39.0 Å². The third-order valence-corrected chi connectivity index (χ3v) is 3.96. The van der Waals surface area contributed by atoms with Crippen LogP contribution in [0, 0.1) is 6.92 Å². The molecule has 124 valence electrons. The highest BCUT2D eigenvalue weighted by molar-refractivity contribution is 5.99. The van der Waals surface area contributed by atoms with Crippen LogP contribution in [0.25, 0.3) is 0 Å². The fourth-order valence-corrected chi connectivity index (χ4v) is 2.59. The Morgan fingerprint density at radius 3 is 2.62 bits per heavy atom. The van der Waals surface area contributed by atoms with E-state index >= 15 is 0 Å². The first-order valence-electron chi connectivity index (χ1n) is 7.37. The van der Waals surface area contributed by atoms with Gasteiger partial charge in [0.2, 0.25) is 0 Å². The molecule has 3 rings (SSSR count). The zero-order valence-corrected chi connectivity index (χ0v) is 13.2. The molecule has 2 amide bonds. The largest absolute Gasteiger partial charge is 0.469 e. The molecule has 0 spiro atoms.